The lowest BCUT2D eigenvalue weighted by atomic mass is 9.96. The highest BCUT2D eigenvalue weighted by Crippen LogP contribution is 2.28. The summed E-state index contributed by atoms with van der Waals surface area (Å²) < 4.78 is 0. The van der Waals surface area contributed by atoms with Crippen molar-refractivity contribution in [2.45, 2.75) is 58.9 Å². The second-order valence-corrected chi connectivity index (χ2v) is 7.38. The number of hydrogen-bond acceptors (Lipinski definition) is 4. The highest BCUT2D eigenvalue weighted by atomic mass is 35.5. The molecule has 0 saturated carbocycles. The van der Waals surface area contributed by atoms with E-state index in [4.69, 9.17) is 5.73 Å². The van der Waals surface area contributed by atoms with Gasteiger partial charge in [0.2, 0.25) is 0 Å². The number of piperazine rings is 1. The third kappa shape index (κ3) is 7.07. The van der Waals surface area contributed by atoms with Crippen LogP contribution < -0.4 is 5.73 Å². The summed E-state index contributed by atoms with van der Waals surface area (Å²) in [6.07, 6.45) is 6.58. The van der Waals surface area contributed by atoms with Crippen LogP contribution in [0.5, 0.6) is 5.75 Å². The Morgan fingerprint density at radius 3 is 1.88 bits per heavy atom. The summed E-state index contributed by atoms with van der Waals surface area (Å²) in [7, 11) is 0. The predicted molar refractivity (Wildman–Crippen MR) is 113 cm³/mol. The number of unbranched alkanes of at least 4 members (excludes halogenated alkanes) is 2. The Hall–Kier alpha value is -0.810. The minimum atomic E-state index is 0. The number of aryl methyl sites for hydroxylation is 2. The molecule has 4 nitrogen and oxygen atoms in total. The second kappa shape index (κ2) is 12.6. The van der Waals surface area contributed by atoms with Gasteiger partial charge in [-0.2, -0.15) is 0 Å². The van der Waals surface area contributed by atoms with Gasteiger partial charge in [-0.25, -0.2) is 0 Å². The highest BCUT2D eigenvalue weighted by molar-refractivity contribution is 5.85. The summed E-state index contributed by atoms with van der Waals surface area (Å²) in [5, 5.41) is 10.6. The molecule has 1 fully saturated rings. The normalized spacial score (nSPS) is 15.8. The number of hydrogen-bond donors (Lipinski definition) is 2. The molecule has 0 radical (unpaired) electrons. The van der Waals surface area contributed by atoms with E-state index in [1.165, 1.54) is 5.56 Å². The summed E-state index contributed by atoms with van der Waals surface area (Å²) >= 11 is 0. The molecule has 0 aromatic heterocycles. The SMILES string of the molecule is CCCCc1cc(CN2CCN(CCN)CC2)cc(CCCC)c1O.Cl. The second-order valence-electron chi connectivity index (χ2n) is 7.38. The van der Waals surface area contributed by atoms with Crippen LogP contribution in [0.3, 0.4) is 0 Å². The maximum atomic E-state index is 10.6. The van der Waals surface area contributed by atoms with E-state index in [1.807, 2.05) is 0 Å². The molecule has 0 bridgehead atoms. The number of nitrogens with two attached hydrogens (primary N) is 1. The molecule has 5 heteroatoms. The zero-order valence-corrected chi connectivity index (χ0v) is 17.5. The summed E-state index contributed by atoms with van der Waals surface area (Å²) in [6, 6.07) is 4.49. The first kappa shape index (κ1) is 23.2. The first-order chi connectivity index (χ1) is 12.2. The quantitative estimate of drug-likeness (QED) is 0.648. The lowest BCUT2D eigenvalue weighted by molar-refractivity contribution is 0.130. The van der Waals surface area contributed by atoms with E-state index in [1.54, 1.807) is 0 Å². The van der Waals surface area contributed by atoms with Crippen LogP contribution in [0.2, 0.25) is 0 Å². The molecular formula is C21H38ClN3O. The van der Waals surface area contributed by atoms with Gasteiger partial charge in [0, 0.05) is 45.8 Å². The lowest BCUT2D eigenvalue weighted by Gasteiger charge is -2.34. The number of phenols is 1. The van der Waals surface area contributed by atoms with Crippen LogP contribution in [0.4, 0.5) is 0 Å². The zero-order chi connectivity index (χ0) is 18.1. The molecule has 1 aliphatic rings. The van der Waals surface area contributed by atoms with Crippen molar-refractivity contribution in [3.63, 3.8) is 0 Å². The summed E-state index contributed by atoms with van der Waals surface area (Å²) in [6.45, 7) is 11.6. The average Bonchev–Trinajstić information content (AvgIpc) is 2.62. The molecule has 1 aliphatic heterocycles. The fourth-order valence-corrected chi connectivity index (χ4v) is 3.65. The van der Waals surface area contributed by atoms with Crippen LogP contribution in [0.1, 0.15) is 56.2 Å². The summed E-state index contributed by atoms with van der Waals surface area (Å²) in [5.74, 6) is 0.554. The molecule has 1 heterocycles. The Balaban J connectivity index is 0.00000338. The van der Waals surface area contributed by atoms with E-state index in [-0.39, 0.29) is 12.4 Å². The number of benzene rings is 1. The third-order valence-corrected chi connectivity index (χ3v) is 5.24. The van der Waals surface area contributed by atoms with Crippen molar-refractivity contribution in [2.24, 2.45) is 5.73 Å². The Kier molecular flexibility index (Phi) is 11.2. The van der Waals surface area contributed by atoms with E-state index in [0.717, 1.165) is 95.5 Å². The molecule has 1 aromatic carbocycles. The van der Waals surface area contributed by atoms with Crippen LogP contribution in [0.15, 0.2) is 12.1 Å². The average molecular weight is 384 g/mol. The largest absolute Gasteiger partial charge is 0.507 e. The predicted octanol–water partition coefficient (Wildman–Crippen LogP) is 3.58. The van der Waals surface area contributed by atoms with Gasteiger partial charge in [0.05, 0.1) is 0 Å². The molecule has 150 valence electrons. The maximum Gasteiger partial charge on any atom is 0.121 e. The van der Waals surface area contributed by atoms with Gasteiger partial charge in [0.25, 0.3) is 0 Å². The third-order valence-electron chi connectivity index (χ3n) is 5.24. The van der Waals surface area contributed by atoms with Gasteiger partial charge in [-0.05, 0) is 42.4 Å². The van der Waals surface area contributed by atoms with Gasteiger partial charge in [0.15, 0.2) is 0 Å². The van der Waals surface area contributed by atoms with Gasteiger partial charge >= 0.3 is 0 Å². The smallest absolute Gasteiger partial charge is 0.121 e. The molecule has 0 unspecified atom stereocenters. The van der Waals surface area contributed by atoms with Crippen molar-refractivity contribution < 1.29 is 5.11 Å². The van der Waals surface area contributed by atoms with E-state index in [9.17, 15) is 5.11 Å². The molecule has 1 aromatic rings. The summed E-state index contributed by atoms with van der Waals surface area (Å²) in [5.41, 5.74) is 9.32. The molecule has 0 amide bonds. The number of rotatable bonds is 10. The molecule has 0 spiro atoms. The van der Waals surface area contributed by atoms with Gasteiger partial charge in [-0.3, -0.25) is 9.80 Å². The van der Waals surface area contributed by atoms with Crippen LogP contribution in [0, 0.1) is 0 Å². The number of halogens is 1. The molecule has 26 heavy (non-hydrogen) atoms. The van der Waals surface area contributed by atoms with Gasteiger partial charge in [-0.15, -0.1) is 12.4 Å². The van der Waals surface area contributed by atoms with Crippen molar-refractivity contribution >= 4 is 12.4 Å². The highest BCUT2D eigenvalue weighted by Gasteiger charge is 2.17. The van der Waals surface area contributed by atoms with E-state index < -0.39 is 0 Å². The van der Waals surface area contributed by atoms with Gasteiger partial charge < -0.3 is 10.8 Å². The van der Waals surface area contributed by atoms with Gasteiger partial charge in [-0.1, -0.05) is 38.8 Å². The standard InChI is InChI=1S/C21H37N3O.ClH/c1-3-5-7-19-15-18(16-20(21(19)25)8-6-4-2)17-24-13-11-23(10-9-22)12-14-24;/h15-16,25H,3-14,17,22H2,1-2H3;1H. The van der Waals surface area contributed by atoms with Crippen molar-refractivity contribution in [2.75, 3.05) is 39.3 Å². The van der Waals surface area contributed by atoms with Crippen LogP contribution in [0.25, 0.3) is 0 Å². The molecular weight excluding hydrogens is 346 g/mol. The van der Waals surface area contributed by atoms with Crippen LogP contribution in [-0.4, -0.2) is 54.2 Å². The number of aromatic hydroxyl groups is 1. The Bertz CT molecular complexity index is 487. The minimum Gasteiger partial charge on any atom is -0.507 e. The number of nitrogens with zero attached hydrogens (tertiary/aromatic N) is 2. The van der Waals surface area contributed by atoms with Crippen LogP contribution >= 0.6 is 12.4 Å². The van der Waals surface area contributed by atoms with Crippen molar-refractivity contribution in [1.29, 1.82) is 0 Å². The topological polar surface area (TPSA) is 52.7 Å². The maximum absolute atomic E-state index is 10.6. The van der Waals surface area contributed by atoms with Crippen molar-refractivity contribution in [1.82, 2.24) is 9.80 Å². The van der Waals surface area contributed by atoms with Gasteiger partial charge in [0.1, 0.15) is 5.75 Å². The molecule has 0 aliphatic carbocycles. The van der Waals surface area contributed by atoms with Crippen molar-refractivity contribution in [3.05, 3.63) is 28.8 Å². The minimum absolute atomic E-state index is 0. The van der Waals surface area contributed by atoms with E-state index >= 15 is 0 Å². The molecule has 1 saturated heterocycles. The van der Waals surface area contributed by atoms with Crippen molar-refractivity contribution in [3.8, 4) is 5.75 Å². The van der Waals surface area contributed by atoms with E-state index in [2.05, 4.69) is 35.8 Å². The Morgan fingerprint density at radius 2 is 1.42 bits per heavy atom. The molecule has 3 N–H and O–H groups in total. The fourth-order valence-electron chi connectivity index (χ4n) is 3.65. The molecule has 2 rings (SSSR count). The lowest BCUT2D eigenvalue weighted by Crippen LogP contribution is -2.47. The van der Waals surface area contributed by atoms with Crippen LogP contribution in [-0.2, 0) is 19.4 Å². The monoisotopic (exact) mass is 383 g/mol. The number of phenolic OH excluding ortho intramolecular Hbond substituents is 1. The Morgan fingerprint density at radius 1 is 0.923 bits per heavy atom. The fraction of sp³-hybridized carbons (Fsp3) is 0.714. The molecule has 0 atom stereocenters. The Labute approximate surface area is 166 Å². The van der Waals surface area contributed by atoms with E-state index in [0.29, 0.717) is 5.75 Å². The summed E-state index contributed by atoms with van der Waals surface area (Å²) in [4.78, 5) is 4.99. The zero-order valence-electron chi connectivity index (χ0n) is 16.7. The first-order valence-corrected chi connectivity index (χ1v) is 10.2. The first-order valence-electron chi connectivity index (χ1n) is 10.2.